The van der Waals surface area contributed by atoms with Crippen LogP contribution >= 0.6 is 24.0 Å². The third kappa shape index (κ3) is 4.91. The number of hydrogen-bond acceptors (Lipinski definition) is 2. The molecule has 1 saturated heterocycles. The summed E-state index contributed by atoms with van der Waals surface area (Å²) in [5.41, 5.74) is 0. The van der Waals surface area contributed by atoms with E-state index in [1.807, 2.05) is 7.05 Å². The van der Waals surface area contributed by atoms with Crippen LogP contribution in [0, 0.1) is 0 Å². The zero-order chi connectivity index (χ0) is 12.3. The molecule has 0 radical (unpaired) electrons. The van der Waals surface area contributed by atoms with Gasteiger partial charge in [-0.3, -0.25) is 4.99 Å². The van der Waals surface area contributed by atoms with Gasteiger partial charge in [0.05, 0.1) is 0 Å². The summed E-state index contributed by atoms with van der Waals surface area (Å²) in [5.74, 6) is 0.996. The first-order valence-corrected chi connectivity index (χ1v) is 6.93. The Morgan fingerprint density at radius 3 is 1.94 bits per heavy atom. The summed E-state index contributed by atoms with van der Waals surface area (Å²) in [7, 11) is 1.86. The summed E-state index contributed by atoms with van der Waals surface area (Å²) in [6.45, 7) is 6.97. The van der Waals surface area contributed by atoms with Gasteiger partial charge in [0.25, 0.3) is 0 Å². The van der Waals surface area contributed by atoms with Gasteiger partial charge in [0.2, 0.25) is 0 Å². The summed E-state index contributed by atoms with van der Waals surface area (Å²) in [4.78, 5) is 6.85. The molecule has 0 bridgehead atoms. The molecule has 2 rings (SSSR count). The van der Waals surface area contributed by atoms with Crippen LogP contribution in [0.5, 0.6) is 0 Å². The lowest BCUT2D eigenvalue weighted by Gasteiger charge is -2.35. The van der Waals surface area contributed by atoms with E-state index in [0.717, 1.165) is 5.96 Å². The third-order valence-corrected chi connectivity index (χ3v) is 3.74. The van der Waals surface area contributed by atoms with E-state index in [2.05, 4.69) is 34.4 Å². The summed E-state index contributed by atoms with van der Waals surface area (Å²) in [6.07, 6.45) is 5.05. The van der Waals surface area contributed by atoms with E-state index in [1.165, 1.54) is 38.8 Å². The summed E-state index contributed by atoms with van der Waals surface area (Å²) >= 11 is 0. The maximum Gasteiger partial charge on any atom is 0.191 e. The van der Waals surface area contributed by atoms with Gasteiger partial charge in [0.15, 0.2) is 5.96 Å². The average molecular weight is 366 g/mol. The first kappa shape index (κ1) is 16.0. The van der Waals surface area contributed by atoms with Crippen LogP contribution in [0.15, 0.2) is 4.99 Å². The highest BCUT2D eigenvalue weighted by molar-refractivity contribution is 14.0. The monoisotopic (exact) mass is 366 g/mol. The van der Waals surface area contributed by atoms with Crippen LogP contribution in [0.1, 0.15) is 39.5 Å². The van der Waals surface area contributed by atoms with Crippen molar-refractivity contribution in [3.8, 4) is 0 Å². The van der Waals surface area contributed by atoms with Gasteiger partial charge in [-0.15, -0.1) is 24.0 Å². The fourth-order valence-electron chi connectivity index (χ4n) is 2.35. The van der Waals surface area contributed by atoms with Crippen molar-refractivity contribution in [2.75, 3.05) is 20.1 Å². The van der Waals surface area contributed by atoms with E-state index in [1.54, 1.807) is 0 Å². The van der Waals surface area contributed by atoms with Crippen LogP contribution in [0.2, 0.25) is 0 Å². The molecule has 106 valence electrons. The van der Waals surface area contributed by atoms with E-state index in [9.17, 15) is 0 Å². The number of piperidine rings is 1. The molecule has 0 atom stereocenters. The molecule has 5 heteroatoms. The largest absolute Gasteiger partial charge is 0.354 e. The highest BCUT2D eigenvalue weighted by Crippen LogP contribution is 2.18. The van der Waals surface area contributed by atoms with Crippen LogP contribution in [0.4, 0.5) is 0 Å². The number of guanidine groups is 1. The predicted octanol–water partition coefficient (Wildman–Crippen LogP) is 1.80. The van der Waals surface area contributed by atoms with Crippen molar-refractivity contribution in [2.24, 2.45) is 4.99 Å². The van der Waals surface area contributed by atoms with Gasteiger partial charge in [-0.05, 0) is 39.5 Å². The molecular weight excluding hydrogens is 339 g/mol. The van der Waals surface area contributed by atoms with Gasteiger partial charge in [-0.1, -0.05) is 0 Å². The first-order valence-electron chi connectivity index (χ1n) is 6.93. The van der Waals surface area contributed by atoms with Crippen molar-refractivity contribution >= 4 is 29.9 Å². The number of halogens is 1. The molecule has 2 aliphatic rings. The van der Waals surface area contributed by atoms with Crippen molar-refractivity contribution < 1.29 is 0 Å². The molecule has 0 aromatic carbocycles. The molecule has 0 spiro atoms. The maximum atomic E-state index is 4.30. The first-order chi connectivity index (χ1) is 8.19. The summed E-state index contributed by atoms with van der Waals surface area (Å²) in [5, 5.41) is 7.00. The Labute approximate surface area is 128 Å². The van der Waals surface area contributed by atoms with Crippen molar-refractivity contribution in [2.45, 2.75) is 57.7 Å². The predicted molar refractivity (Wildman–Crippen MR) is 87.8 cm³/mol. The molecule has 1 aliphatic carbocycles. The molecule has 2 N–H and O–H groups in total. The Bertz CT molecular complexity index is 268. The second-order valence-electron chi connectivity index (χ2n) is 5.54. The second-order valence-corrected chi connectivity index (χ2v) is 5.54. The molecule has 0 unspecified atom stereocenters. The Hall–Kier alpha value is -0.0400. The Balaban J connectivity index is 0.00000162. The van der Waals surface area contributed by atoms with E-state index >= 15 is 0 Å². The lowest BCUT2D eigenvalue weighted by atomic mass is 10.0. The number of rotatable bonds is 3. The smallest absolute Gasteiger partial charge is 0.191 e. The third-order valence-electron chi connectivity index (χ3n) is 3.74. The van der Waals surface area contributed by atoms with Gasteiger partial charge in [-0.25, -0.2) is 0 Å². The average Bonchev–Trinajstić information content (AvgIpc) is 3.13. The molecule has 0 aromatic heterocycles. The lowest BCUT2D eigenvalue weighted by Crippen LogP contribution is -2.50. The number of nitrogens with one attached hydrogen (secondary N) is 2. The molecule has 1 heterocycles. The molecule has 4 nitrogen and oxygen atoms in total. The van der Waals surface area contributed by atoms with Crippen molar-refractivity contribution in [1.82, 2.24) is 15.5 Å². The van der Waals surface area contributed by atoms with Crippen molar-refractivity contribution in [1.29, 1.82) is 0 Å². The Kier molecular flexibility index (Phi) is 6.70. The summed E-state index contributed by atoms with van der Waals surface area (Å²) < 4.78 is 0. The molecule has 2 fully saturated rings. The van der Waals surface area contributed by atoms with Gasteiger partial charge in [-0.2, -0.15) is 0 Å². The molecular formula is C13H27IN4. The molecule has 0 amide bonds. The van der Waals surface area contributed by atoms with E-state index in [4.69, 9.17) is 0 Å². The number of nitrogens with zero attached hydrogens (tertiary/aromatic N) is 2. The number of likely N-dealkylation sites (tertiary alicyclic amines) is 1. The zero-order valence-electron chi connectivity index (χ0n) is 11.8. The minimum atomic E-state index is 0. The van der Waals surface area contributed by atoms with E-state index < -0.39 is 0 Å². The van der Waals surface area contributed by atoms with Crippen LogP contribution in [-0.2, 0) is 0 Å². The highest BCUT2D eigenvalue weighted by Gasteiger charge is 2.25. The fourth-order valence-corrected chi connectivity index (χ4v) is 2.35. The zero-order valence-corrected chi connectivity index (χ0v) is 14.1. The molecule has 1 saturated carbocycles. The summed E-state index contributed by atoms with van der Waals surface area (Å²) in [6, 6.07) is 1.95. The second kappa shape index (κ2) is 7.53. The van der Waals surface area contributed by atoms with Crippen LogP contribution in [0.3, 0.4) is 0 Å². The lowest BCUT2D eigenvalue weighted by molar-refractivity contribution is 0.167. The maximum absolute atomic E-state index is 4.30. The number of hydrogen-bond donors (Lipinski definition) is 2. The van der Waals surface area contributed by atoms with E-state index in [0.29, 0.717) is 18.1 Å². The SMILES string of the molecule is CN=C(NC1CC1)NC1CCN(C(C)C)CC1.I. The van der Waals surface area contributed by atoms with Gasteiger partial charge in [0, 0.05) is 38.3 Å². The van der Waals surface area contributed by atoms with Crippen LogP contribution < -0.4 is 10.6 Å². The quantitative estimate of drug-likeness (QED) is 0.455. The van der Waals surface area contributed by atoms with Crippen LogP contribution in [0.25, 0.3) is 0 Å². The molecule has 18 heavy (non-hydrogen) atoms. The number of aliphatic imine (C=N–C) groups is 1. The Morgan fingerprint density at radius 2 is 1.56 bits per heavy atom. The van der Waals surface area contributed by atoms with Crippen molar-refractivity contribution in [3.63, 3.8) is 0 Å². The van der Waals surface area contributed by atoms with Crippen LogP contribution in [-0.4, -0.2) is 49.1 Å². The topological polar surface area (TPSA) is 39.7 Å². The van der Waals surface area contributed by atoms with Gasteiger partial charge < -0.3 is 15.5 Å². The Morgan fingerprint density at radius 1 is 1.06 bits per heavy atom. The standard InChI is InChI=1S/C13H26N4.HI/c1-10(2)17-8-6-12(7-9-17)16-13(14-3)15-11-4-5-11;/h10-12H,4-9H2,1-3H3,(H2,14,15,16);1H. The normalized spacial score (nSPS) is 22.8. The van der Waals surface area contributed by atoms with Gasteiger partial charge >= 0.3 is 0 Å². The minimum absolute atomic E-state index is 0. The fraction of sp³-hybridized carbons (Fsp3) is 0.923. The molecule has 0 aromatic rings. The highest BCUT2D eigenvalue weighted by atomic mass is 127. The molecule has 1 aliphatic heterocycles. The van der Waals surface area contributed by atoms with Crippen molar-refractivity contribution in [3.05, 3.63) is 0 Å². The van der Waals surface area contributed by atoms with E-state index in [-0.39, 0.29) is 24.0 Å². The van der Waals surface area contributed by atoms with Gasteiger partial charge in [0.1, 0.15) is 0 Å². The minimum Gasteiger partial charge on any atom is -0.354 e.